The third-order valence-corrected chi connectivity index (χ3v) is 3.48. The average Bonchev–Trinajstić information content (AvgIpc) is 2.92. The van der Waals surface area contributed by atoms with Crippen LogP contribution in [0.4, 0.5) is 5.69 Å². The molecule has 104 valence electrons. The highest BCUT2D eigenvalue weighted by atomic mass is 35.5. The topological polar surface area (TPSA) is 47.6 Å². The largest absolute Gasteiger partial charge is 0.497 e. The summed E-state index contributed by atoms with van der Waals surface area (Å²) in [6, 6.07) is 5.18. The number of ether oxygens (including phenoxy) is 2. The average molecular weight is 284 g/mol. The molecule has 1 N–H and O–H groups in total. The summed E-state index contributed by atoms with van der Waals surface area (Å²) in [4.78, 5) is 11.8. The van der Waals surface area contributed by atoms with Crippen LogP contribution in [0.5, 0.6) is 5.75 Å². The molecule has 5 heteroatoms. The number of rotatable bonds is 5. The van der Waals surface area contributed by atoms with Gasteiger partial charge in [0, 0.05) is 19.1 Å². The molecule has 1 aliphatic rings. The first kappa shape index (κ1) is 14.2. The van der Waals surface area contributed by atoms with Crippen LogP contribution in [0.3, 0.4) is 0 Å². The Kier molecular flexibility index (Phi) is 5.05. The van der Waals surface area contributed by atoms with Crippen molar-refractivity contribution in [3.05, 3.63) is 23.2 Å². The first-order valence-electron chi connectivity index (χ1n) is 6.44. The molecule has 0 radical (unpaired) electrons. The van der Waals surface area contributed by atoms with Crippen molar-refractivity contribution in [1.82, 2.24) is 0 Å². The Hall–Kier alpha value is -1.26. The first-order valence-corrected chi connectivity index (χ1v) is 6.82. The fourth-order valence-electron chi connectivity index (χ4n) is 2.10. The number of halogens is 1. The summed E-state index contributed by atoms with van der Waals surface area (Å²) < 4.78 is 10.5. The summed E-state index contributed by atoms with van der Waals surface area (Å²) in [6.07, 6.45) is 3.59. The number of nitrogens with one attached hydrogen (secondary N) is 1. The highest BCUT2D eigenvalue weighted by Gasteiger charge is 2.17. The van der Waals surface area contributed by atoms with Crippen molar-refractivity contribution in [2.24, 2.45) is 0 Å². The molecule has 1 amide bonds. The van der Waals surface area contributed by atoms with Crippen molar-refractivity contribution < 1.29 is 14.3 Å². The molecule has 0 bridgehead atoms. The summed E-state index contributed by atoms with van der Waals surface area (Å²) in [5.74, 6) is 0.630. The second-order valence-electron chi connectivity index (χ2n) is 4.57. The van der Waals surface area contributed by atoms with Gasteiger partial charge < -0.3 is 14.8 Å². The number of amides is 1. The van der Waals surface area contributed by atoms with Gasteiger partial charge in [0.05, 0.1) is 23.9 Å². The lowest BCUT2D eigenvalue weighted by Gasteiger charge is -2.11. The molecule has 4 nitrogen and oxygen atoms in total. The van der Waals surface area contributed by atoms with Crippen molar-refractivity contribution >= 4 is 23.2 Å². The molecule has 0 spiro atoms. The molecule has 0 saturated carbocycles. The monoisotopic (exact) mass is 283 g/mol. The molecule has 19 heavy (non-hydrogen) atoms. The fourth-order valence-corrected chi connectivity index (χ4v) is 2.32. The molecule has 1 aliphatic heterocycles. The van der Waals surface area contributed by atoms with E-state index in [1.807, 2.05) is 0 Å². The van der Waals surface area contributed by atoms with Crippen LogP contribution in [0, 0.1) is 0 Å². The van der Waals surface area contributed by atoms with E-state index in [0.717, 1.165) is 25.9 Å². The minimum absolute atomic E-state index is 0.0393. The van der Waals surface area contributed by atoms with Crippen LogP contribution in [0.2, 0.25) is 5.02 Å². The van der Waals surface area contributed by atoms with Crippen molar-refractivity contribution in [2.75, 3.05) is 19.0 Å². The van der Waals surface area contributed by atoms with Crippen LogP contribution < -0.4 is 10.1 Å². The third-order valence-electron chi connectivity index (χ3n) is 3.17. The van der Waals surface area contributed by atoms with Gasteiger partial charge in [0.15, 0.2) is 0 Å². The van der Waals surface area contributed by atoms with Gasteiger partial charge in [-0.25, -0.2) is 0 Å². The number of methoxy groups -OCH3 is 1. The maximum Gasteiger partial charge on any atom is 0.224 e. The molecular weight excluding hydrogens is 266 g/mol. The molecule has 1 fully saturated rings. The molecule has 0 aromatic heterocycles. The third kappa shape index (κ3) is 4.11. The van der Waals surface area contributed by atoms with E-state index >= 15 is 0 Å². The summed E-state index contributed by atoms with van der Waals surface area (Å²) >= 11 is 6.06. The van der Waals surface area contributed by atoms with Crippen LogP contribution in [0.15, 0.2) is 18.2 Å². The zero-order valence-electron chi connectivity index (χ0n) is 10.9. The Bertz CT molecular complexity index is 444. The molecule has 2 rings (SSSR count). The van der Waals surface area contributed by atoms with E-state index in [0.29, 0.717) is 22.9 Å². The molecule has 1 saturated heterocycles. The van der Waals surface area contributed by atoms with Gasteiger partial charge in [-0.1, -0.05) is 11.6 Å². The second-order valence-corrected chi connectivity index (χ2v) is 4.97. The van der Waals surface area contributed by atoms with Crippen LogP contribution in [-0.2, 0) is 9.53 Å². The highest BCUT2D eigenvalue weighted by molar-refractivity contribution is 6.33. The fraction of sp³-hybridized carbons (Fsp3) is 0.500. The van der Waals surface area contributed by atoms with E-state index in [1.165, 1.54) is 0 Å². The summed E-state index contributed by atoms with van der Waals surface area (Å²) in [6.45, 7) is 0.816. The lowest BCUT2D eigenvalue weighted by atomic mass is 10.1. The van der Waals surface area contributed by atoms with Gasteiger partial charge in [0.2, 0.25) is 5.91 Å². The minimum atomic E-state index is -0.0393. The Morgan fingerprint density at radius 2 is 2.42 bits per heavy atom. The zero-order chi connectivity index (χ0) is 13.7. The summed E-state index contributed by atoms with van der Waals surface area (Å²) in [7, 11) is 1.57. The molecule has 1 aromatic carbocycles. The van der Waals surface area contributed by atoms with Crippen LogP contribution in [0.1, 0.15) is 25.7 Å². The van der Waals surface area contributed by atoms with Crippen LogP contribution in [-0.4, -0.2) is 25.7 Å². The van der Waals surface area contributed by atoms with Crippen molar-refractivity contribution in [1.29, 1.82) is 0 Å². The smallest absolute Gasteiger partial charge is 0.224 e. The van der Waals surface area contributed by atoms with Gasteiger partial charge in [-0.05, 0) is 31.4 Å². The molecular formula is C14H18ClNO3. The maximum atomic E-state index is 11.8. The number of benzene rings is 1. The zero-order valence-corrected chi connectivity index (χ0v) is 11.7. The van der Waals surface area contributed by atoms with Crippen molar-refractivity contribution in [3.63, 3.8) is 0 Å². The number of carbonyl (C=O) groups is 1. The minimum Gasteiger partial charge on any atom is -0.497 e. The Morgan fingerprint density at radius 3 is 3.05 bits per heavy atom. The number of hydrogen-bond acceptors (Lipinski definition) is 3. The van der Waals surface area contributed by atoms with Gasteiger partial charge in [-0.2, -0.15) is 0 Å². The van der Waals surface area contributed by atoms with E-state index in [1.54, 1.807) is 25.3 Å². The Balaban J connectivity index is 1.84. The predicted molar refractivity (Wildman–Crippen MR) is 74.8 cm³/mol. The number of hydrogen-bond donors (Lipinski definition) is 1. The van der Waals surface area contributed by atoms with Gasteiger partial charge in [0.1, 0.15) is 5.75 Å². The normalized spacial score (nSPS) is 18.3. The van der Waals surface area contributed by atoms with Gasteiger partial charge in [-0.15, -0.1) is 0 Å². The predicted octanol–water partition coefficient (Wildman–Crippen LogP) is 3.25. The first-order chi connectivity index (χ1) is 9.19. The lowest BCUT2D eigenvalue weighted by Crippen LogP contribution is -2.15. The van der Waals surface area contributed by atoms with Gasteiger partial charge >= 0.3 is 0 Å². The summed E-state index contributed by atoms with van der Waals surface area (Å²) in [5.41, 5.74) is 0.611. The molecule has 1 aromatic rings. The van der Waals surface area contributed by atoms with Gasteiger partial charge in [-0.3, -0.25) is 4.79 Å². The summed E-state index contributed by atoms with van der Waals surface area (Å²) in [5, 5.41) is 3.28. The van der Waals surface area contributed by atoms with E-state index < -0.39 is 0 Å². The van der Waals surface area contributed by atoms with E-state index in [2.05, 4.69) is 5.32 Å². The van der Waals surface area contributed by atoms with E-state index in [4.69, 9.17) is 21.1 Å². The highest BCUT2D eigenvalue weighted by Crippen LogP contribution is 2.27. The Morgan fingerprint density at radius 1 is 1.58 bits per heavy atom. The molecule has 1 unspecified atom stereocenters. The quantitative estimate of drug-likeness (QED) is 0.902. The van der Waals surface area contributed by atoms with E-state index in [9.17, 15) is 4.79 Å². The Labute approximate surface area is 118 Å². The van der Waals surface area contributed by atoms with Crippen LogP contribution in [0.25, 0.3) is 0 Å². The second kappa shape index (κ2) is 6.78. The van der Waals surface area contributed by atoms with E-state index in [-0.39, 0.29) is 12.0 Å². The number of carbonyl (C=O) groups excluding carboxylic acids is 1. The SMILES string of the molecule is COc1ccc(NC(=O)CCC2CCCO2)c(Cl)c1. The lowest BCUT2D eigenvalue weighted by molar-refractivity contribution is -0.116. The van der Waals surface area contributed by atoms with Crippen molar-refractivity contribution in [2.45, 2.75) is 31.8 Å². The van der Waals surface area contributed by atoms with Gasteiger partial charge in [0.25, 0.3) is 0 Å². The van der Waals surface area contributed by atoms with Crippen molar-refractivity contribution in [3.8, 4) is 5.75 Å². The molecule has 1 heterocycles. The standard InChI is InChI=1S/C14H18ClNO3/c1-18-11-4-6-13(12(15)9-11)16-14(17)7-5-10-3-2-8-19-10/h4,6,9-10H,2-3,5,7-8H2,1H3,(H,16,17). The van der Waals surface area contributed by atoms with Crippen LogP contribution >= 0.6 is 11.6 Å². The maximum absolute atomic E-state index is 11.8. The molecule has 1 atom stereocenters. The molecule has 0 aliphatic carbocycles. The number of anilines is 1.